The van der Waals surface area contributed by atoms with Gasteiger partial charge in [-0.2, -0.15) is 0 Å². The number of carbonyl (C=O) groups is 1. The molecule has 1 unspecified atom stereocenters. The van der Waals surface area contributed by atoms with E-state index in [1.54, 1.807) is 0 Å². The van der Waals surface area contributed by atoms with Crippen molar-refractivity contribution in [3.05, 3.63) is 0 Å². The molecule has 3 nitrogen and oxygen atoms in total. The Morgan fingerprint density at radius 1 is 1.73 bits per heavy atom. The van der Waals surface area contributed by atoms with Gasteiger partial charge >= 0.3 is 0 Å². The molecule has 0 aliphatic carbocycles. The number of ether oxygens (including phenoxy) is 1. The fraction of sp³-hybridized carbons (Fsp3) is 0.875. The summed E-state index contributed by atoms with van der Waals surface area (Å²) in [4.78, 5) is 11.2. The molecule has 1 atom stereocenters. The molecule has 1 heterocycles. The maximum atomic E-state index is 11.2. The van der Waals surface area contributed by atoms with Crippen molar-refractivity contribution in [1.29, 1.82) is 0 Å². The Morgan fingerprint density at radius 2 is 2.55 bits per heavy atom. The van der Waals surface area contributed by atoms with Gasteiger partial charge in [0.2, 0.25) is 0 Å². The van der Waals surface area contributed by atoms with Crippen molar-refractivity contribution in [3.8, 4) is 0 Å². The highest BCUT2D eigenvalue weighted by Crippen LogP contribution is 2.11. The van der Waals surface area contributed by atoms with Gasteiger partial charge < -0.3 is 10.1 Å². The SMILES string of the molecule is CCNCC(=O)C1CCCO1. The van der Waals surface area contributed by atoms with Crippen LogP contribution in [-0.4, -0.2) is 31.6 Å². The summed E-state index contributed by atoms with van der Waals surface area (Å²) in [7, 11) is 0. The number of ketones is 1. The number of carbonyl (C=O) groups excluding carboxylic acids is 1. The van der Waals surface area contributed by atoms with Crippen LogP contribution in [0, 0.1) is 0 Å². The first-order valence-corrected chi connectivity index (χ1v) is 4.19. The summed E-state index contributed by atoms with van der Waals surface area (Å²) in [6, 6.07) is 0. The van der Waals surface area contributed by atoms with Crippen LogP contribution >= 0.6 is 0 Å². The van der Waals surface area contributed by atoms with Crippen LogP contribution in [0.1, 0.15) is 19.8 Å². The zero-order valence-corrected chi connectivity index (χ0v) is 6.93. The highest BCUT2D eigenvalue weighted by molar-refractivity contribution is 5.85. The van der Waals surface area contributed by atoms with Crippen LogP contribution in [0.3, 0.4) is 0 Å². The quantitative estimate of drug-likeness (QED) is 0.639. The topological polar surface area (TPSA) is 38.3 Å². The van der Waals surface area contributed by atoms with Crippen molar-refractivity contribution in [1.82, 2.24) is 5.32 Å². The number of hydrogen-bond donors (Lipinski definition) is 1. The van der Waals surface area contributed by atoms with E-state index in [4.69, 9.17) is 4.74 Å². The fourth-order valence-electron chi connectivity index (χ4n) is 1.19. The third kappa shape index (κ3) is 2.60. The molecule has 0 spiro atoms. The molecule has 11 heavy (non-hydrogen) atoms. The summed E-state index contributed by atoms with van der Waals surface area (Å²) >= 11 is 0. The van der Waals surface area contributed by atoms with Crippen molar-refractivity contribution in [2.45, 2.75) is 25.9 Å². The number of hydrogen-bond acceptors (Lipinski definition) is 3. The largest absolute Gasteiger partial charge is 0.370 e. The maximum Gasteiger partial charge on any atom is 0.175 e. The van der Waals surface area contributed by atoms with E-state index < -0.39 is 0 Å². The molecule has 1 rings (SSSR count). The average molecular weight is 157 g/mol. The second-order valence-corrected chi connectivity index (χ2v) is 2.75. The summed E-state index contributed by atoms with van der Waals surface area (Å²) in [5.41, 5.74) is 0. The second kappa shape index (κ2) is 4.46. The Morgan fingerprint density at radius 3 is 3.09 bits per heavy atom. The first-order chi connectivity index (χ1) is 5.34. The van der Waals surface area contributed by atoms with Gasteiger partial charge in [-0.25, -0.2) is 0 Å². The lowest BCUT2D eigenvalue weighted by molar-refractivity contribution is -0.126. The van der Waals surface area contributed by atoms with Crippen molar-refractivity contribution < 1.29 is 9.53 Å². The molecule has 0 bridgehead atoms. The first kappa shape index (κ1) is 8.68. The summed E-state index contributed by atoms with van der Waals surface area (Å²) in [6.07, 6.45) is 1.82. The molecule has 0 aromatic heterocycles. The standard InChI is InChI=1S/C8H15NO2/c1-2-9-6-7(10)8-4-3-5-11-8/h8-9H,2-6H2,1H3. The molecule has 1 N–H and O–H groups in total. The van der Waals surface area contributed by atoms with Gasteiger partial charge in [-0.15, -0.1) is 0 Å². The van der Waals surface area contributed by atoms with Gasteiger partial charge in [0, 0.05) is 6.61 Å². The molecule has 0 radical (unpaired) electrons. The van der Waals surface area contributed by atoms with Crippen LogP contribution in [0.2, 0.25) is 0 Å². The third-order valence-electron chi connectivity index (χ3n) is 1.84. The minimum atomic E-state index is -0.117. The second-order valence-electron chi connectivity index (χ2n) is 2.75. The van der Waals surface area contributed by atoms with Gasteiger partial charge in [-0.05, 0) is 19.4 Å². The molecule has 1 saturated heterocycles. The predicted octanol–water partition coefficient (Wildman–Crippen LogP) is 0.344. The minimum absolute atomic E-state index is 0.117. The van der Waals surface area contributed by atoms with E-state index in [0.717, 1.165) is 26.0 Å². The van der Waals surface area contributed by atoms with Crippen LogP contribution in [0.25, 0.3) is 0 Å². The predicted molar refractivity (Wildman–Crippen MR) is 42.5 cm³/mol. The minimum Gasteiger partial charge on any atom is -0.370 e. The van der Waals surface area contributed by atoms with Gasteiger partial charge in [0.15, 0.2) is 5.78 Å². The lowest BCUT2D eigenvalue weighted by Gasteiger charge is -2.07. The summed E-state index contributed by atoms with van der Waals surface area (Å²) in [5.74, 6) is 0.198. The first-order valence-electron chi connectivity index (χ1n) is 4.19. The molecule has 3 heteroatoms. The Bertz CT molecular complexity index is 130. The normalized spacial score (nSPS) is 23.9. The van der Waals surface area contributed by atoms with E-state index in [0.29, 0.717) is 6.54 Å². The number of nitrogens with one attached hydrogen (secondary N) is 1. The molecule has 1 fully saturated rings. The fourth-order valence-corrected chi connectivity index (χ4v) is 1.19. The smallest absolute Gasteiger partial charge is 0.175 e. The average Bonchev–Trinajstić information content (AvgIpc) is 2.52. The van der Waals surface area contributed by atoms with Gasteiger partial charge in [-0.1, -0.05) is 6.92 Å². The van der Waals surface area contributed by atoms with E-state index in [2.05, 4.69) is 5.32 Å². The van der Waals surface area contributed by atoms with Gasteiger partial charge in [-0.3, -0.25) is 4.79 Å². The molecular weight excluding hydrogens is 142 g/mol. The Balaban J connectivity index is 2.17. The lowest BCUT2D eigenvalue weighted by Crippen LogP contribution is -2.31. The Hall–Kier alpha value is -0.410. The molecular formula is C8H15NO2. The molecule has 0 saturated carbocycles. The molecule has 64 valence electrons. The molecule has 1 aliphatic rings. The van der Waals surface area contributed by atoms with Gasteiger partial charge in [0.1, 0.15) is 6.10 Å². The van der Waals surface area contributed by atoms with Crippen molar-refractivity contribution >= 4 is 5.78 Å². The number of Topliss-reactive ketones (excluding diaryl/α,β-unsaturated/α-hetero) is 1. The van der Waals surface area contributed by atoms with Gasteiger partial charge in [0.25, 0.3) is 0 Å². The van der Waals surface area contributed by atoms with Crippen LogP contribution in [-0.2, 0) is 9.53 Å². The highest BCUT2D eigenvalue weighted by atomic mass is 16.5. The highest BCUT2D eigenvalue weighted by Gasteiger charge is 2.22. The van der Waals surface area contributed by atoms with Crippen LogP contribution < -0.4 is 5.32 Å². The van der Waals surface area contributed by atoms with Gasteiger partial charge in [0.05, 0.1) is 6.54 Å². The molecule has 0 aromatic carbocycles. The third-order valence-corrected chi connectivity index (χ3v) is 1.84. The van der Waals surface area contributed by atoms with Crippen molar-refractivity contribution in [2.75, 3.05) is 19.7 Å². The van der Waals surface area contributed by atoms with Crippen LogP contribution in [0.15, 0.2) is 0 Å². The maximum absolute atomic E-state index is 11.2. The van der Waals surface area contributed by atoms with E-state index >= 15 is 0 Å². The number of likely N-dealkylation sites (N-methyl/N-ethyl adjacent to an activating group) is 1. The summed E-state index contributed by atoms with van der Waals surface area (Å²) < 4.78 is 5.22. The van der Waals surface area contributed by atoms with Crippen LogP contribution in [0.5, 0.6) is 0 Å². The van der Waals surface area contributed by atoms with Crippen molar-refractivity contribution in [3.63, 3.8) is 0 Å². The van der Waals surface area contributed by atoms with Crippen LogP contribution in [0.4, 0.5) is 0 Å². The Kier molecular flexibility index (Phi) is 3.52. The summed E-state index contributed by atoms with van der Waals surface area (Å²) in [5, 5.41) is 3.00. The van der Waals surface area contributed by atoms with E-state index in [9.17, 15) is 4.79 Å². The zero-order valence-electron chi connectivity index (χ0n) is 6.93. The van der Waals surface area contributed by atoms with E-state index in [1.165, 1.54) is 0 Å². The molecule has 1 aliphatic heterocycles. The monoisotopic (exact) mass is 157 g/mol. The summed E-state index contributed by atoms with van der Waals surface area (Å²) in [6.45, 7) is 4.05. The number of rotatable bonds is 4. The van der Waals surface area contributed by atoms with Crippen molar-refractivity contribution in [2.24, 2.45) is 0 Å². The lowest BCUT2D eigenvalue weighted by atomic mass is 10.1. The molecule has 0 aromatic rings. The Labute approximate surface area is 67.1 Å². The molecule has 0 amide bonds. The zero-order chi connectivity index (χ0) is 8.10. The van der Waals surface area contributed by atoms with E-state index in [-0.39, 0.29) is 11.9 Å². The van der Waals surface area contributed by atoms with E-state index in [1.807, 2.05) is 6.92 Å².